The number of esters is 1. The van der Waals surface area contributed by atoms with Gasteiger partial charge in [0.25, 0.3) is 0 Å². The van der Waals surface area contributed by atoms with Gasteiger partial charge in [-0.05, 0) is 19.1 Å². The highest BCUT2D eigenvalue weighted by molar-refractivity contribution is 6.09. The molecule has 0 atom stereocenters. The number of ketones is 1. The maximum absolute atomic E-state index is 12.4. The van der Waals surface area contributed by atoms with Crippen molar-refractivity contribution >= 4 is 17.4 Å². The molecule has 4 heteroatoms. The van der Waals surface area contributed by atoms with Crippen LogP contribution >= 0.6 is 0 Å². The standard InChI is InChI=1S/C18H19NO3/c1-3-22-17(20)13-19(2)16-11-7-10-15(12-16)18(21)14-8-5-4-6-9-14/h4-12H,3,13H2,1-2H3. The Morgan fingerprint density at radius 2 is 1.68 bits per heavy atom. The number of likely N-dealkylation sites (N-methyl/N-ethyl adjacent to an activating group) is 1. The lowest BCUT2D eigenvalue weighted by molar-refractivity contribution is -0.141. The minimum absolute atomic E-state index is 0.0352. The Labute approximate surface area is 130 Å². The van der Waals surface area contributed by atoms with Gasteiger partial charge in [-0.15, -0.1) is 0 Å². The summed E-state index contributed by atoms with van der Waals surface area (Å²) in [6, 6.07) is 16.4. The summed E-state index contributed by atoms with van der Waals surface area (Å²) in [5, 5.41) is 0. The van der Waals surface area contributed by atoms with Crippen LogP contribution in [0.4, 0.5) is 5.69 Å². The van der Waals surface area contributed by atoms with Crippen LogP contribution in [0.2, 0.25) is 0 Å². The van der Waals surface area contributed by atoms with Crippen molar-refractivity contribution < 1.29 is 14.3 Å². The lowest BCUT2D eigenvalue weighted by Crippen LogP contribution is -2.27. The Balaban J connectivity index is 2.16. The van der Waals surface area contributed by atoms with Crippen molar-refractivity contribution in [2.45, 2.75) is 6.92 Å². The zero-order valence-corrected chi connectivity index (χ0v) is 12.8. The van der Waals surface area contributed by atoms with E-state index in [0.29, 0.717) is 17.7 Å². The first-order valence-electron chi connectivity index (χ1n) is 7.18. The monoisotopic (exact) mass is 297 g/mol. The van der Waals surface area contributed by atoms with Crippen LogP contribution in [-0.4, -0.2) is 32.0 Å². The molecule has 0 aliphatic heterocycles. The fourth-order valence-electron chi connectivity index (χ4n) is 2.13. The zero-order valence-electron chi connectivity index (χ0n) is 12.8. The van der Waals surface area contributed by atoms with Crippen LogP contribution < -0.4 is 4.90 Å². The van der Waals surface area contributed by atoms with Crippen LogP contribution in [0, 0.1) is 0 Å². The number of hydrogen-bond acceptors (Lipinski definition) is 4. The lowest BCUT2D eigenvalue weighted by Gasteiger charge is -2.18. The molecule has 0 aliphatic carbocycles. The molecule has 0 aromatic heterocycles. The molecule has 0 amide bonds. The number of benzene rings is 2. The highest BCUT2D eigenvalue weighted by atomic mass is 16.5. The molecule has 0 radical (unpaired) electrons. The maximum atomic E-state index is 12.4. The SMILES string of the molecule is CCOC(=O)CN(C)c1cccc(C(=O)c2ccccc2)c1. The van der Waals surface area contributed by atoms with E-state index in [1.165, 1.54) is 0 Å². The van der Waals surface area contributed by atoms with Crippen molar-refractivity contribution in [3.8, 4) is 0 Å². The number of anilines is 1. The van der Waals surface area contributed by atoms with E-state index in [4.69, 9.17) is 4.74 Å². The average molecular weight is 297 g/mol. The van der Waals surface area contributed by atoms with E-state index in [1.54, 1.807) is 43.1 Å². The van der Waals surface area contributed by atoms with Crippen molar-refractivity contribution in [1.82, 2.24) is 0 Å². The zero-order chi connectivity index (χ0) is 15.9. The summed E-state index contributed by atoms with van der Waals surface area (Å²) in [5.74, 6) is -0.322. The van der Waals surface area contributed by atoms with E-state index in [9.17, 15) is 9.59 Å². The third kappa shape index (κ3) is 3.95. The highest BCUT2D eigenvalue weighted by Gasteiger charge is 2.12. The largest absolute Gasteiger partial charge is 0.465 e. The summed E-state index contributed by atoms with van der Waals surface area (Å²) in [7, 11) is 1.79. The number of hydrogen-bond donors (Lipinski definition) is 0. The molecule has 2 aromatic carbocycles. The van der Waals surface area contributed by atoms with Crippen LogP contribution in [-0.2, 0) is 9.53 Å². The predicted molar refractivity (Wildman–Crippen MR) is 86.2 cm³/mol. The summed E-state index contributed by atoms with van der Waals surface area (Å²) in [4.78, 5) is 25.7. The fraction of sp³-hybridized carbons (Fsp3) is 0.222. The number of rotatable bonds is 6. The second-order valence-corrected chi connectivity index (χ2v) is 4.91. The normalized spacial score (nSPS) is 10.1. The Kier molecular flexibility index (Phi) is 5.31. The molecule has 0 N–H and O–H groups in total. The summed E-state index contributed by atoms with van der Waals surface area (Å²) < 4.78 is 4.93. The van der Waals surface area contributed by atoms with E-state index >= 15 is 0 Å². The Hall–Kier alpha value is -2.62. The van der Waals surface area contributed by atoms with Crippen molar-refractivity contribution in [1.29, 1.82) is 0 Å². The molecule has 0 aliphatic rings. The van der Waals surface area contributed by atoms with E-state index in [0.717, 1.165) is 5.69 Å². The number of carbonyl (C=O) groups is 2. The summed E-state index contributed by atoms with van der Waals surface area (Å²) in [6.45, 7) is 2.28. The van der Waals surface area contributed by atoms with Gasteiger partial charge in [0.2, 0.25) is 0 Å². The molecule has 2 rings (SSSR count). The number of carbonyl (C=O) groups excluding carboxylic acids is 2. The predicted octanol–water partition coefficient (Wildman–Crippen LogP) is 2.92. The van der Waals surface area contributed by atoms with Crippen LogP contribution in [0.15, 0.2) is 54.6 Å². The number of nitrogens with zero attached hydrogens (tertiary/aromatic N) is 1. The molecule has 0 spiro atoms. The maximum Gasteiger partial charge on any atom is 0.325 e. The molecule has 0 fully saturated rings. The van der Waals surface area contributed by atoms with Gasteiger partial charge in [0, 0.05) is 23.9 Å². The van der Waals surface area contributed by atoms with Crippen molar-refractivity contribution in [3.05, 3.63) is 65.7 Å². The molecule has 0 bridgehead atoms. The average Bonchev–Trinajstić information content (AvgIpc) is 2.55. The van der Waals surface area contributed by atoms with Crippen molar-refractivity contribution in [2.24, 2.45) is 0 Å². The molecule has 114 valence electrons. The smallest absolute Gasteiger partial charge is 0.325 e. The molecule has 4 nitrogen and oxygen atoms in total. The van der Waals surface area contributed by atoms with Gasteiger partial charge in [-0.25, -0.2) is 0 Å². The molecular formula is C18H19NO3. The van der Waals surface area contributed by atoms with Gasteiger partial charge in [-0.1, -0.05) is 42.5 Å². The van der Waals surface area contributed by atoms with Gasteiger partial charge in [0.05, 0.1) is 6.61 Å². The molecule has 22 heavy (non-hydrogen) atoms. The van der Waals surface area contributed by atoms with Gasteiger partial charge in [-0.3, -0.25) is 9.59 Å². The quantitative estimate of drug-likeness (QED) is 0.607. The van der Waals surface area contributed by atoms with Gasteiger partial charge >= 0.3 is 5.97 Å². The van der Waals surface area contributed by atoms with Crippen LogP contribution in [0.25, 0.3) is 0 Å². The molecule has 0 saturated carbocycles. The van der Waals surface area contributed by atoms with Gasteiger partial charge in [-0.2, -0.15) is 0 Å². The van der Waals surface area contributed by atoms with E-state index < -0.39 is 0 Å². The minimum atomic E-state index is -0.287. The van der Waals surface area contributed by atoms with Crippen molar-refractivity contribution in [3.63, 3.8) is 0 Å². The van der Waals surface area contributed by atoms with E-state index in [-0.39, 0.29) is 18.3 Å². The third-order valence-electron chi connectivity index (χ3n) is 3.26. The van der Waals surface area contributed by atoms with Crippen LogP contribution in [0.1, 0.15) is 22.8 Å². The van der Waals surface area contributed by atoms with Gasteiger partial charge < -0.3 is 9.64 Å². The third-order valence-corrected chi connectivity index (χ3v) is 3.26. The first-order valence-corrected chi connectivity index (χ1v) is 7.18. The molecular weight excluding hydrogens is 278 g/mol. The van der Waals surface area contributed by atoms with Gasteiger partial charge in [0.1, 0.15) is 6.54 Å². The second-order valence-electron chi connectivity index (χ2n) is 4.91. The summed E-state index contributed by atoms with van der Waals surface area (Å²) in [5.41, 5.74) is 2.04. The minimum Gasteiger partial charge on any atom is -0.465 e. The van der Waals surface area contributed by atoms with E-state index in [2.05, 4.69) is 0 Å². The fourth-order valence-corrected chi connectivity index (χ4v) is 2.13. The van der Waals surface area contributed by atoms with Crippen molar-refractivity contribution in [2.75, 3.05) is 25.1 Å². The van der Waals surface area contributed by atoms with Crippen LogP contribution in [0.5, 0.6) is 0 Å². The topological polar surface area (TPSA) is 46.6 Å². The molecule has 0 heterocycles. The van der Waals surface area contributed by atoms with E-state index in [1.807, 2.05) is 30.3 Å². The van der Waals surface area contributed by atoms with Crippen LogP contribution in [0.3, 0.4) is 0 Å². The first-order chi connectivity index (χ1) is 10.6. The molecule has 0 saturated heterocycles. The molecule has 2 aromatic rings. The Morgan fingerprint density at radius 1 is 1.00 bits per heavy atom. The molecule has 0 unspecified atom stereocenters. The number of ether oxygens (including phenoxy) is 1. The summed E-state index contributed by atoms with van der Waals surface area (Å²) in [6.07, 6.45) is 0. The highest BCUT2D eigenvalue weighted by Crippen LogP contribution is 2.17. The Bertz CT molecular complexity index is 652. The lowest BCUT2D eigenvalue weighted by atomic mass is 10.0. The first kappa shape index (κ1) is 15.8. The summed E-state index contributed by atoms with van der Waals surface area (Å²) >= 11 is 0. The second kappa shape index (κ2) is 7.41. The Morgan fingerprint density at radius 3 is 2.36 bits per heavy atom. The van der Waals surface area contributed by atoms with Gasteiger partial charge in [0.15, 0.2) is 5.78 Å².